The van der Waals surface area contributed by atoms with Gasteiger partial charge in [0, 0.05) is 12.1 Å². The zero-order valence-corrected chi connectivity index (χ0v) is 12.1. The van der Waals surface area contributed by atoms with Gasteiger partial charge in [0.1, 0.15) is 0 Å². The van der Waals surface area contributed by atoms with E-state index in [0.29, 0.717) is 12.1 Å². The molecular weight excluding hydrogens is 206 g/mol. The largest absolute Gasteiger partial charge is 0.308 e. The number of hydrogen-bond acceptors (Lipinski definition) is 1. The highest BCUT2D eigenvalue weighted by atomic mass is 14.9. The van der Waals surface area contributed by atoms with Gasteiger partial charge in [0.25, 0.3) is 0 Å². The molecule has 1 N–H and O–H groups in total. The third kappa shape index (κ3) is 6.26. The summed E-state index contributed by atoms with van der Waals surface area (Å²) < 4.78 is 0. The molecule has 0 aromatic carbocycles. The van der Waals surface area contributed by atoms with Crippen molar-refractivity contribution in [3.05, 3.63) is 11.6 Å². The van der Waals surface area contributed by atoms with Crippen LogP contribution < -0.4 is 5.32 Å². The first-order valence-corrected chi connectivity index (χ1v) is 7.69. The first-order chi connectivity index (χ1) is 8.24. The van der Waals surface area contributed by atoms with E-state index in [0.717, 1.165) is 0 Å². The van der Waals surface area contributed by atoms with Gasteiger partial charge >= 0.3 is 0 Å². The fraction of sp³-hybridized carbons (Fsp3) is 0.875. The Morgan fingerprint density at radius 1 is 1.18 bits per heavy atom. The summed E-state index contributed by atoms with van der Waals surface area (Å²) in [5, 5.41) is 3.76. The Balaban J connectivity index is 2.57. The molecule has 100 valence electrons. The monoisotopic (exact) mass is 237 g/mol. The minimum absolute atomic E-state index is 0.600. The van der Waals surface area contributed by atoms with E-state index in [9.17, 15) is 0 Å². The van der Waals surface area contributed by atoms with Crippen molar-refractivity contribution in [2.24, 2.45) is 0 Å². The van der Waals surface area contributed by atoms with Crippen LogP contribution >= 0.6 is 0 Å². The molecule has 0 aliphatic heterocycles. The van der Waals surface area contributed by atoms with E-state index in [1.54, 1.807) is 5.57 Å². The van der Waals surface area contributed by atoms with Gasteiger partial charge in [0.15, 0.2) is 0 Å². The second-order valence-corrected chi connectivity index (χ2v) is 5.75. The minimum atomic E-state index is 0.600. The molecule has 1 nitrogen and oxygen atoms in total. The maximum atomic E-state index is 3.76. The van der Waals surface area contributed by atoms with E-state index >= 15 is 0 Å². The average molecular weight is 237 g/mol. The SMILES string of the molecule is CCCCC(NC(C)C)C1=CCCCCCC1. The molecule has 0 saturated heterocycles. The quantitative estimate of drug-likeness (QED) is 0.653. The van der Waals surface area contributed by atoms with Crippen LogP contribution in [0.5, 0.6) is 0 Å². The Bertz CT molecular complexity index is 218. The number of hydrogen-bond donors (Lipinski definition) is 1. The molecule has 0 bridgehead atoms. The summed E-state index contributed by atoms with van der Waals surface area (Å²) in [4.78, 5) is 0. The summed E-state index contributed by atoms with van der Waals surface area (Å²) in [7, 11) is 0. The van der Waals surface area contributed by atoms with Crippen molar-refractivity contribution in [3.63, 3.8) is 0 Å². The third-order valence-corrected chi connectivity index (χ3v) is 3.65. The normalized spacial score (nSPS) is 19.6. The number of rotatable bonds is 6. The lowest BCUT2D eigenvalue weighted by atomic mass is 9.92. The highest BCUT2D eigenvalue weighted by Crippen LogP contribution is 2.22. The summed E-state index contributed by atoms with van der Waals surface area (Å²) in [6, 6.07) is 1.25. The second kappa shape index (κ2) is 8.74. The topological polar surface area (TPSA) is 12.0 Å². The Labute approximate surface area is 108 Å². The van der Waals surface area contributed by atoms with Crippen molar-refractivity contribution in [2.45, 2.75) is 90.6 Å². The molecule has 0 saturated carbocycles. The maximum Gasteiger partial charge on any atom is 0.0281 e. The fourth-order valence-corrected chi connectivity index (χ4v) is 2.72. The molecule has 1 unspecified atom stereocenters. The highest BCUT2D eigenvalue weighted by molar-refractivity contribution is 5.12. The van der Waals surface area contributed by atoms with Crippen LogP contribution in [0, 0.1) is 0 Å². The summed E-state index contributed by atoms with van der Waals surface area (Å²) in [5.74, 6) is 0. The lowest BCUT2D eigenvalue weighted by Crippen LogP contribution is -2.36. The average Bonchev–Trinajstić information content (AvgIpc) is 2.23. The van der Waals surface area contributed by atoms with Gasteiger partial charge in [0.2, 0.25) is 0 Å². The third-order valence-electron chi connectivity index (χ3n) is 3.65. The van der Waals surface area contributed by atoms with Crippen molar-refractivity contribution in [1.82, 2.24) is 5.32 Å². The summed E-state index contributed by atoms with van der Waals surface area (Å²) in [6.45, 7) is 6.82. The molecule has 0 amide bonds. The highest BCUT2D eigenvalue weighted by Gasteiger charge is 2.15. The van der Waals surface area contributed by atoms with E-state index in [4.69, 9.17) is 0 Å². The van der Waals surface area contributed by atoms with Crippen molar-refractivity contribution in [3.8, 4) is 0 Å². The lowest BCUT2D eigenvalue weighted by molar-refractivity contribution is 0.450. The van der Waals surface area contributed by atoms with Crippen LogP contribution in [0.3, 0.4) is 0 Å². The van der Waals surface area contributed by atoms with Crippen molar-refractivity contribution in [2.75, 3.05) is 0 Å². The van der Waals surface area contributed by atoms with E-state index in [-0.39, 0.29) is 0 Å². The van der Waals surface area contributed by atoms with Crippen molar-refractivity contribution >= 4 is 0 Å². The second-order valence-electron chi connectivity index (χ2n) is 5.75. The van der Waals surface area contributed by atoms with E-state index in [2.05, 4.69) is 32.2 Å². The number of allylic oxidation sites excluding steroid dienone is 1. The Hall–Kier alpha value is -0.300. The van der Waals surface area contributed by atoms with Gasteiger partial charge in [-0.25, -0.2) is 0 Å². The van der Waals surface area contributed by atoms with Crippen LogP contribution in [0.25, 0.3) is 0 Å². The van der Waals surface area contributed by atoms with Crippen LogP contribution in [-0.2, 0) is 0 Å². The molecule has 1 heteroatoms. The van der Waals surface area contributed by atoms with E-state index < -0.39 is 0 Å². The molecule has 1 atom stereocenters. The fourth-order valence-electron chi connectivity index (χ4n) is 2.72. The standard InChI is InChI=1S/C16H31N/c1-4-5-13-16(17-14(2)3)15-11-9-7-6-8-10-12-15/h11,14,16-17H,4-10,12-13H2,1-3H3. The molecule has 0 spiro atoms. The van der Waals surface area contributed by atoms with Crippen LogP contribution in [0.2, 0.25) is 0 Å². The number of nitrogens with one attached hydrogen (secondary N) is 1. The molecule has 0 aromatic rings. The minimum Gasteiger partial charge on any atom is -0.308 e. The van der Waals surface area contributed by atoms with Crippen LogP contribution in [0.1, 0.15) is 78.6 Å². The van der Waals surface area contributed by atoms with Crippen LogP contribution in [0.4, 0.5) is 0 Å². The van der Waals surface area contributed by atoms with Crippen LogP contribution in [0.15, 0.2) is 11.6 Å². The Morgan fingerprint density at radius 2 is 1.94 bits per heavy atom. The van der Waals surface area contributed by atoms with Gasteiger partial charge in [-0.3, -0.25) is 0 Å². The maximum absolute atomic E-state index is 3.76. The summed E-state index contributed by atoms with van der Waals surface area (Å²) >= 11 is 0. The molecule has 17 heavy (non-hydrogen) atoms. The lowest BCUT2D eigenvalue weighted by Gasteiger charge is -2.25. The van der Waals surface area contributed by atoms with E-state index in [1.807, 2.05) is 0 Å². The van der Waals surface area contributed by atoms with Gasteiger partial charge in [0.05, 0.1) is 0 Å². The predicted molar refractivity (Wildman–Crippen MR) is 77.4 cm³/mol. The first-order valence-electron chi connectivity index (χ1n) is 7.69. The Morgan fingerprint density at radius 3 is 2.65 bits per heavy atom. The molecule has 1 rings (SSSR count). The van der Waals surface area contributed by atoms with Gasteiger partial charge in [-0.2, -0.15) is 0 Å². The number of unbranched alkanes of at least 4 members (excludes halogenated alkanes) is 1. The molecule has 0 heterocycles. The van der Waals surface area contributed by atoms with Crippen molar-refractivity contribution < 1.29 is 0 Å². The molecular formula is C16H31N. The molecule has 1 aliphatic carbocycles. The molecule has 0 aromatic heterocycles. The first kappa shape index (κ1) is 14.8. The summed E-state index contributed by atoms with van der Waals surface area (Å²) in [5.41, 5.74) is 1.70. The Kier molecular flexibility index (Phi) is 7.59. The van der Waals surface area contributed by atoms with Crippen molar-refractivity contribution in [1.29, 1.82) is 0 Å². The zero-order valence-electron chi connectivity index (χ0n) is 12.1. The molecule has 0 fully saturated rings. The van der Waals surface area contributed by atoms with Gasteiger partial charge < -0.3 is 5.32 Å². The smallest absolute Gasteiger partial charge is 0.0281 e. The molecule has 0 radical (unpaired) electrons. The van der Waals surface area contributed by atoms with Gasteiger partial charge in [-0.1, -0.05) is 58.1 Å². The van der Waals surface area contributed by atoms with Gasteiger partial charge in [-0.15, -0.1) is 0 Å². The zero-order chi connectivity index (χ0) is 12.5. The molecule has 1 aliphatic rings. The van der Waals surface area contributed by atoms with E-state index in [1.165, 1.54) is 57.8 Å². The predicted octanol–water partition coefficient (Wildman–Crippen LogP) is 4.82. The summed E-state index contributed by atoms with van der Waals surface area (Å²) in [6.07, 6.45) is 14.8. The van der Waals surface area contributed by atoms with Gasteiger partial charge in [-0.05, 0) is 32.1 Å². The van der Waals surface area contributed by atoms with Crippen LogP contribution in [-0.4, -0.2) is 12.1 Å².